The quantitative estimate of drug-likeness (QED) is 0.218. The molecule has 1 unspecified atom stereocenters. The van der Waals surface area contributed by atoms with Crippen molar-refractivity contribution in [2.75, 3.05) is 18.5 Å². The second-order valence-electron chi connectivity index (χ2n) is 10.1. The van der Waals surface area contributed by atoms with Crippen LogP contribution in [-0.2, 0) is 16.1 Å². The number of amides is 1. The number of nitro groups is 1. The maximum absolute atomic E-state index is 13.4. The summed E-state index contributed by atoms with van der Waals surface area (Å²) < 4.78 is 0. The third-order valence-corrected chi connectivity index (χ3v) is 7.07. The smallest absolute Gasteiger partial charge is 0.305 e. The molecule has 204 valence electrons. The van der Waals surface area contributed by atoms with Crippen LogP contribution in [0.25, 0.3) is 11.1 Å². The van der Waals surface area contributed by atoms with Crippen LogP contribution in [0.1, 0.15) is 56.2 Å². The zero-order valence-corrected chi connectivity index (χ0v) is 22.3. The Hall–Kier alpha value is -4.27. The average molecular weight is 531 g/mol. The predicted molar refractivity (Wildman–Crippen MR) is 149 cm³/mol. The SMILES string of the molecule is CCCCN(C)c1ccc(-c2cccc(CN(C(=O)C3CC3)C(CC(=O)O)c3cccnc3)c2)cc1[N+](=O)[O-]. The van der Waals surface area contributed by atoms with E-state index in [0.717, 1.165) is 43.4 Å². The van der Waals surface area contributed by atoms with Crippen LogP contribution in [0.4, 0.5) is 11.4 Å². The molecule has 1 saturated carbocycles. The molecule has 0 bridgehead atoms. The van der Waals surface area contributed by atoms with Gasteiger partial charge in [0, 0.05) is 44.5 Å². The molecule has 9 nitrogen and oxygen atoms in total. The Balaban J connectivity index is 1.66. The minimum Gasteiger partial charge on any atom is -0.481 e. The summed E-state index contributed by atoms with van der Waals surface area (Å²) in [5.74, 6) is -1.16. The molecule has 3 aromatic rings. The predicted octanol–water partition coefficient (Wildman–Crippen LogP) is 5.85. The molecule has 39 heavy (non-hydrogen) atoms. The summed E-state index contributed by atoms with van der Waals surface area (Å²) in [6.45, 7) is 3.03. The van der Waals surface area contributed by atoms with Crippen molar-refractivity contribution in [3.63, 3.8) is 0 Å². The van der Waals surface area contributed by atoms with Crippen molar-refractivity contribution in [2.45, 2.75) is 51.6 Å². The number of hydrogen-bond donors (Lipinski definition) is 1. The lowest BCUT2D eigenvalue weighted by atomic mass is 9.99. The van der Waals surface area contributed by atoms with Crippen molar-refractivity contribution in [3.05, 3.63) is 88.2 Å². The Labute approximate surface area is 228 Å². The first kappa shape index (κ1) is 27.8. The number of carboxylic acid groups (broad SMARTS) is 1. The molecule has 0 saturated heterocycles. The van der Waals surface area contributed by atoms with Gasteiger partial charge in [-0.2, -0.15) is 0 Å². The van der Waals surface area contributed by atoms with E-state index in [1.165, 1.54) is 0 Å². The van der Waals surface area contributed by atoms with Crippen molar-refractivity contribution in [1.29, 1.82) is 0 Å². The number of nitrogens with zero attached hydrogens (tertiary/aromatic N) is 4. The van der Waals surface area contributed by atoms with Crippen LogP contribution in [0.3, 0.4) is 0 Å². The van der Waals surface area contributed by atoms with E-state index in [9.17, 15) is 24.8 Å². The van der Waals surface area contributed by atoms with Crippen LogP contribution in [0, 0.1) is 16.0 Å². The third-order valence-electron chi connectivity index (χ3n) is 7.07. The van der Waals surface area contributed by atoms with Gasteiger partial charge in [-0.05, 0) is 59.7 Å². The van der Waals surface area contributed by atoms with Gasteiger partial charge >= 0.3 is 5.97 Å². The Morgan fingerprint density at radius 1 is 1.13 bits per heavy atom. The molecular formula is C30H34N4O5. The van der Waals surface area contributed by atoms with Gasteiger partial charge in [0.15, 0.2) is 0 Å². The highest BCUT2D eigenvalue weighted by atomic mass is 16.6. The molecule has 9 heteroatoms. The van der Waals surface area contributed by atoms with Gasteiger partial charge in [-0.25, -0.2) is 0 Å². The minimum absolute atomic E-state index is 0.0418. The zero-order chi connectivity index (χ0) is 27.9. The molecule has 1 aromatic heterocycles. The normalized spacial score (nSPS) is 13.5. The highest BCUT2D eigenvalue weighted by Gasteiger charge is 2.37. The number of nitro benzene ring substituents is 1. The standard InChI is InChI=1S/C30H34N4O5/c1-3-4-15-32(2)26-13-12-24(17-28(26)34(38)39)23-8-5-7-21(16-23)20-33(30(37)22-10-11-22)27(18-29(35)36)25-9-6-14-31-19-25/h5-9,12-14,16-17,19,22,27H,3-4,10-11,15,18,20H2,1-2H3,(H,35,36). The molecule has 0 spiro atoms. The third kappa shape index (κ3) is 6.98. The van der Waals surface area contributed by atoms with E-state index >= 15 is 0 Å². The number of carbonyl (C=O) groups excluding carboxylic acids is 1. The summed E-state index contributed by atoms with van der Waals surface area (Å²) in [5.41, 5.74) is 3.58. The van der Waals surface area contributed by atoms with Gasteiger partial charge in [0.05, 0.1) is 17.4 Å². The highest BCUT2D eigenvalue weighted by Crippen LogP contribution is 2.37. The largest absolute Gasteiger partial charge is 0.481 e. The van der Waals surface area contributed by atoms with Gasteiger partial charge in [-0.3, -0.25) is 24.7 Å². The first-order valence-corrected chi connectivity index (χ1v) is 13.3. The van der Waals surface area contributed by atoms with Crippen LogP contribution < -0.4 is 4.90 Å². The van der Waals surface area contributed by atoms with Gasteiger partial charge in [0.2, 0.25) is 5.91 Å². The fourth-order valence-corrected chi connectivity index (χ4v) is 4.79. The summed E-state index contributed by atoms with van der Waals surface area (Å²) in [4.78, 5) is 44.4. The molecule has 4 rings (SSSR count). The van der Waals surface area contributed by atoms with Crippen molar-refractivity contribution in [2.24, 2.45) is 5.92 Å². The van der Waals surface area contributed by atoms with Crippen LogP contribution in [0.5, 0.6) is 0 Å². The van der Waals surface area contributed by atoms with Crippen molar-refractivity contribution in [3.8, 4) is 11.1 Å². The van der Waals surface area contributed by atoms with Crippen LogP contribution >= 0.6 is 0 Å². The number of carbonyl (C=O) groups is 2. The number of carboxylic acids is 1. The van der Waals surface area contributed by atoms with Crippen molar-refractivity contribution in [1.82, 2.24) is 9.88 Å². The summed E-state index contributed by atoms with van der Waals surface area (Å²) in [5, 5.41) is 21.6. The van der Waals surface area contributed by atoms with E-state index in [1.807, 2.05) is 42.3 Å². The van der Waals surface area contributed by atoms with Gasteiger partial charge in [-0.15, -0.1) is 0 Å². The number of aromatic nitrogens is 1. The second kappa shape index (κ2) is 12.5. The molecule has 2 aromatic carbocycles. The van der Waals surface area contributed by atoms with Gasteiger partial charge in [0.25, 0.3) is 5.69 Å². The molecule has 1 fully saturated rings. The van der Waals surface area contributed by atoms with Crippen LogP contribution in [0.15, 0.2) is 67.0 Å². The fourth-order valence-electron chi connectivity index (χ4n) is 4.79. The van der Waals surface area contributed by atoms with Crippen LogP contribution in [-0.4, -0.2) is 45.4 Å². The molecule has 1 amide bonds. The Morgan fingerprint density at radius 3 is 2.54 bits per heavy atom. The molecule has 1 atom stereocenters. The van der Waals surface area contributed by atoms with Crippen molar-refractivity contribution >= 4 is 23.3 Å². The second-order valence-corrected chi connectivity index (χ2v) is 10.1. The average Bonchev–Trinajstić information content (AvgIpc) is 3.79. The molecule has 1 heterocycles. The molecular weight excluding hydrogens is 496 g/mol. The van der Waals surface area contributed by atoms with Gasteiger partial charge in [0.1, 0.15) is 5.69 Å². The Bertz CT molecular complexity index is 1330. The summed E-state index contributed by atoms with van der Waals surface area (Å²) in [6.07, 6.45) is 6.52. The Kier molecular flexibility index (Phi) is 8.91. The number of benzene rings is 2. The fraction of sp³-hybridized carbons (Fsp3) is 0.367. The zero-order valence-electron chi connectivity index (χ0n) is 22.3. The number of rotatable bonds is 13. The lowest BCUT2D eigenvalue weighted by Crippen LogP contribution is -2.36. The van der Waals surface area contributed by atoms with E-state index in [1.54, 1.807) is 41.6 Å². The number of hydrogen-bond acceptors (Lipinski definition) is 6. The summed E-state index contributed by atoms with van der Waals surface area (Å²) >= 11 is 0. The van der Waals surface area contributed by atoms with E-state index in [4.69, 9.17) is 0 Å². The number of anilines is 1. The summed E-state index contributed by atoms with van der Waals surface area (Å²) in [7, 11) is 1.86. The van der Waals surface area contributed by atoms with E-state index in [2.05, 4.69) is 11.9 Å². The molecule has 0 aliphatic heterocycles. The lowest BCUT2D eigenvalue weighted by molar-refractivity contribution is -0.384. The molecule has 1 aliphatic carbocycles. The lowest BCUT2D eigenvalue weighted by Gasteiger charge is -2.32. The van der Waals surface area contributed by atoms with E-state index in [0.29, 0.717) is 16.8 Å². The molecule has 0 radical (unpaired) electrons. The monoisotopic (exact) mass is 530 g/mol. The Morgan fingerprint density at radius 2 is 1.90 bits per heavy atom. The maximum atomic E-state index is 13.4. The molecule has 1 aliphatic rings. The number of pyridine rings is 1. The summed E-state index contributed by atoms with van der Waals surface area (Å²) in [6, 6.07) is 15.7. The number of aliphatic carboxylic acids is 1. The highest BCUT2D eigenvalue weighted by molar-refractivity contribution is 5.82. The topological polar surface area (TPSA) is 117 Å². The first-order chi connectivity index (χ1) is 18.8. The van der Waals surface area contributed by atoms with E-state index in [-0.39, 0.29) is 35.4 Å². The van der Waals surface area contributed by atoms with Crippen molar-refractivity contribution < 1.29 is 19.6 Å². The van der Waals surface area contributed by atoms with Gasteiger partial charge in [-0.1, -0.05) is 43.7 Å². The molecule has 1 N–H and O–H groups in total. The maximum Gasteiger partial charge on any atom is 0.305 e. The minimum atomic E-state index is -0.998. The van der Waals surface area contributed by atoms with Crippen LogP contribution in [0.2, 0.25) is 0 Å². The number of unbranched alkanes of at least 4 members (excludes halogenated alkanes) is 1. The van der Waals surface area contributed by atoms with E-state index < -0.39 is 12.0 Å². The van der Waals surface area contributed by atoms with Gasteiger partial charge < -0.3 is 14.9 Å². The first-order valence-electron chi connectivity index (χ1n) is 13.3.